The summed E-state index contributed by atoms with van der Waals surface area (Å²) in [5.41, 5.74) is 2.21. The Morgan fingerprint density at radius 1 is 1.50 bits per heavy atom. The number of carbonyl (C=O) groups is 1. The van der Waals surface area contributed by atoms with Crippen molar-refractivity contribution in [3.8, 4) is 0 Å². The molecular formula is C11H10BrNO. The van der Waals surface area contributed by atoms with Gasteiger partial charge in [0.15, 0.2) is 0 Å². The molecule has 0 amide bonds. The van der Waals surface area contributed by atoms with Crippen LogP contribution in [0.3, 0.4) is 0 Å². The molecule has 72 valence electrons. The van der Waals surface area contributed by atoms with E-state index < -0.39 is 0 Å². The van der Waals surface area contributed by atoms with Gasteiger partial charge in [-0.25, -0.2) is 0 Å². The molecule has 1 heterocycles. The molecule has 2 nitrogen and oxygen atoms in total. The first-order valence-corrected chi connectivity index (χ1v) is 5.21. The Labute approximate surface area is 90.7 Å². The van der Waals surface area contributed by atoms with Crippen molar-refractivity contribution in [2.75, 3.05) is 0 Å². The van der Waals surface area contributed by atoms with E-state index in [0.717, 1.165) is 27.4 Å². The minimum absolute atomic E-state index is 0.422. The number of fused-ring (bicyclic) bond motifs is 1. The molecule has 14 heavy (non-hydrogen) atoms. The van der Waals surface area contributed by atoms with Crippen LogP contribution in [0.1, 0.15) is 5.69 Å². The first-order chi connectivity index (χ1) is 6.74. The summed E-state index contributed by atoms with van der Waals surface area (Å²) < 4.78 is 3.08. The van der Waals surface area contributed by atoms with Crippen molar-refractivity contribution < 1.29 is 4.79 Å². The van der Waals surface area contributed by atoms with E-state index in [0.29, 0.717) is 6.54 Å². The number of hydrogen-bond donors (Lipinski definition) is 0. The summed E-state index contributed by atoms with van der Waals surface area (Å²) in [6, 6.07) is 8.10. The van der Waals surface area contributed by atoms with E-state index in [1.165, 1.54) is 0 Å². The summed E-state index contributed by atoms with van der Waals surface area (Å²) in [5.74, 6) is 0. The van der Waals surface area contributed by atoms with Crippen molar-refractivity contribution in [3.63, 3.8) is 0 Å². The van der Waals surface area contributed by atoms with Gasteiger partial charge in [0.05, 0.1) is 6.54 Å². The molecule has 3 heteroatoms. The minimum atomic E-state index is 0.422. The molecule has 2 rings (SSSR count). The molecule has 0 spiro atoms. The second-order valence-electron chi connectivity index (χ2n) is 3.24. The van der Waals surface area contributed by atoms with E-state index in [9.17, 15) is 4.79 Å². The smallest absolute Gasteiger partial charge is 0.139 e. The van der Waals surface area contributed by atoms with E-state index >= 15 is 0 Å². The monoisotopic (exact) mass is 251 g/mol. The topological polar surface area (TPSA) is 22.0 Å². The fraction of sp³-hybridized carbons (Fsp3) is 0.182. The Hall–Kier alpha value is -1.09. The van der Waals surface area contributed by atoms with Crippen LogP contribution in [0, 0.1) is 6.92 Å². The zero-order valence-corrected chi connectivity index (χ0v) is 9.41. The Balaban J connectivity index is 2.76. The fourth-order valence-electron chi connectivity index (χ4n) is 1.70. The summed E-state index contributed by atoms with van der Waals surface area (Å²) in [5, 5.41) is 1.16. The first kappa shape index (κ1) is 9.46. The van der Waals surface area contributed by atoms with Gasteiger partial charge in [-0.3, -0.25) is 0 Å². The number of benzene rings is 1. The van der Waals surface area contributed by atoms with Crippen LogP contribution < -0.4 is 0 Å². The zero-order chi connectivity index (χ0) is 10.1. The van der Waals surface area contributed by atoms with Gasteiger partial charge in [0, 0.05) is 21.1 Å². The van der Waals surface area contributed by atoms with E-state index in [1.54, 1.807) is 0 Å². The Kier molecular flexibility index (Phi) is 2.42. The largest absolute Gasteiger partial charge is 0.338 e. The fourth-order valence-corrected chi connectivity index (χ4v) is 2.17. The highest BCUT2D eigenvalue weighted by molar-refractivity contribution is 9.10. The first-order valence-electron chi connectivity index (χ1n) is 4.42. The highest BCUT2D eigenvalue weighted by atomic mass is 79.9. The van der Waals surface area contributed by atoms with E-state index in [-0.39, 0.29) is 0 Å². The van der Waals surface area contributed by atoms with E-state index in [4.69, 9.17) is 0 Å². The van der Waals surface area contributed by atoms with Gasteiger partial charge in [0.1, 0.15) is 6.29 Å². The molecule has 0 bridgehead atoms. The average Bonchev–Trinajstić information content (AvgIpc) is 2.47. The third-order valence-corrected chi connectivity index (χ3v) is 3.05. The molecule has 0 aliphatic carbocycles. The number of aromatic nitrogens is 1. The second-order valence-corrected chi connectivity index (χ2v) is 4.09. The van der Waals surface area contributed by atoms with Crippen molar-refractivity contribution in [1.29, 1.82) is 0 Å². The van der Waals surface area contributed by atoms with Gasteiger partial charge in [0.2, 0.25) is 0 Å². The predicted octanol–water partition coefficient (Wildman–Crippen LogP) is 2.91. The third-order valence-electron chi connectivity index (χ3n) is 2.36. The van der Waals surface area contributed by atoms with Gasteiger partial charge in [-0.15, -0.1) is 0 Å². The molecule has 0 saturated carbocycles. The molecule has 0 atom stereocenters. The van der Waals surface area contributed by atoms with Gasteiger partial charge in [-0.2, -0.15) is 0 Å². The molecule has 0 radical (unpaired) electrons. The van der Waals surface area contributed by atoms with Gasteiger partial charge >= 0.3 is 0 Å². The number of rotatable bonds is 2. The quantitative estimate of drug-likeness (QED) is 0.753. The SMILES string of the molecule is Cc1cc2c(Br)cccc2n1CC=O. The Bertz CT molecular complexity index is 487. The van der Waals surface area contributed by atoms with Crippen LogP contribution in [0.4, 0.5) is 0 Å². The van der Waals surface area contributed by atoms with Crippen LogP contribution in [0.15, 0.2) is 28.7 Å². The lowest BCUT2D eigenvalue weighted by Crippen LogP contribution is -1.99. The lowest BCUT2D eigenvalue weighted by Gasteiger charge is -2.02. The molecular weight excluding hydrogens is 242 g/mol. The van der Waals surface area contributed by atoms with Crippen molar-refractivity contribution in [3.05, 3.63) is 34.4 Å². The molecule has 0 aliphatic heterocycles. The highest BCUT2D eigenvalue weighted by Crippen LogP contribution is 2.26. The van der Waals surface area contributed by atoms with Gasteiger partial charge in [-0.05, 0) is 25.1 Å². The van der Waals surface area contributed by atoms with Crippen LogP contribution in [-0.4, -0.2) is 10.9 Å². The molecule has 0 N–H and O–H groups in total. The Morgan fingerprint density at radius 2 is 2.29 bits per heavy atom. The minimum Gasteiger partial charge on any atom is -0.338 e. The number of aryl methyl sites for hydroxylation is 1. The van der Waals surface area contributed by atoms with E-state index in [2.05, 4.69) is 22.0 Å². The lowest BCUT2D eigenvalue weighted by molar-refractivity contribution is -0.108. The summed E-state index contributed by atoms with van der Waals surface area (Å²) in [7, 11) is 0. The van der Waals surface area contributed by atoms with Crippen molar-refractivity contribution >= 4 is 33.1 Å². The molecule has 1 aromatic heterocycles. The van der Waals surface area contributed by atoms with Gasteiger partial charge in [-0.1, -0.05) is 22.0 Å². The summed E-state index contributed by atoms with van der Waals surface area (Å²) in [6.45, 7) is 2.43. The second kappa shape index (κ2) is 3.58. The molecule has 0 fully saturated rings. The maximum Gasteiger partial charge on any atom is 0.139 e. The zero-order valence-electron chi connectivity index (χ0n) is 7.83. The highest BCUT2D eigenvalue weighted by Gasteiger charge is 2.06. The van der Waals surface area contributed by atoms with Crippen molar-refractivity contribution in [2.45, 2.75) is 13.5 Å². The van der Waals surface area contributed by atoms with Crippen LogP contribution in [0.25, 0.3) is 10.9 Å². The molecule has 2 aromatic rings. The standard InChI is InChI=1S/C11H10BrNO/c1-8-7-9-10(12)3-2-4-11(9)13(8)5-6-14/h2-4,6-7H,5H2,1H3. The predicted molar refractivity (Wildman–Crippen MR) is 60.4 cm³/mol. The molecule has 0 aliphatic rings. The third kappa shape index (κ3) is 1.38. The molecule has 1 aromatic carbocycles. The number of aldehydes is 1. The maximum atomic E-state index is 10.5. The number of carbonyl (C=O) groups excluding carboxylic acids is 1. The van der Waals surface area contributed by atoms with Gasteiger partial charge in [0.25, 0.3) is 0 Å². The van der Waals surface area contributed by atoms with Crippen molar-refractivity contribution in [2.24, 2.45) is 0 Å². The summed E-state index contributed by atoms with van der Waals surface area (Å²) >= 11 is 3.49. The number of halogens is 1. The van der Waals surface area contributed by atoms with Crippen LogP contribution >= 0.6 is 15.9 Å². The van der Waals surface area contributed by atoms with E-state index in [1.807, 2.05) is 29.7 Å². The van der Waals surface area contributed by atoms with Crippen molar-refractivity contribution in [1.82, 2.24) is 4.57 Å². The van der Waals surface area contributed by atoms with Gasteiger partial charge < -0.3 is 9.36 Å². The maximum absolute atomic E-state index is 10.5. The number of nitrogens with zero attached hydrogens (tertiary/aromatic N) is 1. The van der Waals surface area contributed by atoms with Crippen LogP contribution in [0.5, 0.6) is 0 Å². The van der Waals surface area contributed by atoms with Crippen LogP contribution in [-0.2, 0) is 11.3 Å². The summed E-state index contributed by atoms with van der Waals surface area (Å²) in [4.78, 5) is 10.5. The normalized spacial score (nSPS) is 10.7. The summed E-state index contributed by atoms with van der Waals surface area (Å²) in [6.07, 6.45) is 0.924. The molecule has 0 unspecified atom stereocenters. The molecule has 0 saturated heterocycles. The average molecular weight is 252 g/mol. The lowest BCUT2D eigenvalue weighted by atomic mass is 10.2. The Morgan fingerprint density at radius 3 is 3.00 bits per heavy atom. The van der Waals surface area contributed by atoms with Crippen LogP contribution in [0.2, 0.25) is 0 Å². The number of hydrogen-bond acceptors (Lipinski definition) is 1.